The third-order valence-electron chi connectivity index (χ3n) is 2.46. The third kappa shape index (κ3) is 3.39. The second-order valence-electron chi connectivity index (χ2n) is 3.73. The Labute approximate surface area is 90.0 Å². The largest absolute Gasteiger partial charge is 0.480 e. The molecule has 7 heteroatoms. The molecule has 92 valence electrons. The average Bonchev–Trinajstić information content (AvgIpc) is 2.15. The molecule has 0 unspecified atom stereocenters. The molecular weight excluding hydrogens is 227 g/mol. The molecule has 0 bridgehead atoms. The molecule has 0 spiro atoms. The fourth-order valence-electron chi connectivity index (χ4n) is 1.76. The van der Waals surface area contributed by atoms with E-state index >= 15 is 0 Å². The van der Waals surface area contributed by atoms with Crippen LogP contribution in [-0.2, 0) is 9.59 Å². The van der Waals surface area contributed by atoms with Crippen molar-refractivity contribution in [3.05, 3.63) is 0 Å². The lowest BCUT2D eigenvalue weighted by Gasteiger charge is -2.33. The first-order valence-corrected chi connectivity index (χ1v) is 4.90. The van der Waals surface area contributed by atoms with Gasteiger partial charge in [-0.25, -0.2) is 4.79 Å². The summed E-state index contributed by atoms with van der Waals surface area (Å²) in [4.78, 5) is 22.8. The number of amides is 1. The first kappa shape index (κ1) is 12.8. The average molecular weight is 239 g/mol. The number of rotatable bonds is 2. The van der Waals surface area contributed by atoms with Gasteiger partial charge in [0.05, 0.1) is 0 Å². The Bertz CT molecular complexity index is 290. The van der Waals surface area contributed by atoms with Gasteiger partial charge in [-0.2, -0.15) is 13.2 Å². The number of alkyl halides is 3. The zero-order valence-corrected chi connectivity index (χ0v) is 8.46. The molecule has 1 fully saturated rings. The number of halogens is 3. The zero-order valence-electron chi connectivity index (χ0n) is 8.46. The number of likely N-dealkylation sites (tertiary alicyclic amines) is 1. The molecule has 1 aliphatic heterocycles. The maximum Gasteiger partial charge on any atom is 0.397 e. The summed E-state index contributed by atoms with van der Waals surface area (Å²) in [6.45, 7) is 0.0892. The van der Waals surface area contributed by atoms with Crippen molar-refractivity contribution in [1.82, 2.24) is 4.90 Å². The molecule has 4 nitrogen and oxygen atoms in total. The van der Waals surface area contributed by atoms with Crippen LogP contribution < -0.4 is 0 Å². The van der Waals surface area contributed by atoms with E-state index in [-0.39, 0.29) is 13.0 Å². The van der Waals surface area contributed by atoms with Crippen LogP contribution in [0.4, 0.5) is 13.2 Å². The monoisotopic (exact) mass is 239 g/mol. The minimum Gasteiger partial charge on any atom is -0.480 e. The number of carboxylic acid groups (broad SMARTS) is 1. The van der Waals surface area contributed by atoms with Crippen LogP contribution in [0, 0.1) is 0 Å². The van der Waals surface area contributed by atoms with Gasteiger partial charge in [0.15, 0.2) is 0 Å². The topological polar surface area (TPSA) is 57.6 Å². The fourth-order valence-corrected chi connectivity index (χ4v) is 1.76. The second kappa shape index (κ2) is 4.71. The van der Waals surface area contributed by atoms with E-state index in [0.717, 1.165) is 4.90 Å². The normalized spacial score (nSPS) is 21.9. The van der Waals surface area contributed by atoms with E-state index in [1.54, 1.807) is 0 Å². The number of carbonyl (C=O) groups excluding carboxylic acids is 1. The van der Waals surface area contributed by atoms with Crippen molar-refractivity contribution < 1.29 is 27.9 Å². The lowest BCUT2D eigenvalue weighted by molar-refractivity contribution is -0.168. The molecule has 1 rings (SSSR count). The van der Waals surface area contributed by atoms with Gasteiger partial charge >= 0.3 is 12.1 Å². The van der Waals surface area contributed by atoms with Crippen molar-refractivity contribution in [2.75, 3.05) is 6.54 Å². The lowest BCUT2D eigenvalue weighted by atomic mass is 10.0. The summed E-state index contributed by atoms with van der Waals surface area (Å²) in [7, 11) is 0. The van der Waals surface area contributed by atoms with E-state index in [1.807, 2.05) is 0 Å². The molecule has 1 amide bonds. The Morgan fingerprint density at radius 2 is 1.94 bits per heavy atom. The Hall–Kier alpha value is -1.27. The molecule has 1 atom stereocenters. The molecular formula is C9H12F3NO3. The highest BCUT2D eigenvalue weighted by Gasteiger charge is 2.38. The molecule has 0 aromatic heterocycles. The van der Waals surface area contributed by atoms with Crippen LogP contribution in [0.15, 0.2) is 0 Å². The van der Waals surface area contributed by atoms with Gasteiger partial charge in [-0.05, 0) is 19.3 Å². The highest BCUT2D eigenvalue weighted by molar-refractivity contribution is 5.84. The second-order valence-corrected chi connectivity index (χ2v) is 3.73. The first-order chi connectivity index (χ1) is 7.31. The number of piperidine rings is 1. The van der Waals surface area contributed by atoms with Crippen LogP contribution in [0.1, 0.15) is 25.7 Å². The molecule has 0 aliphatic carbocycles. The van der Waals surface area contributed by atoms with Crippen molar-refractivity contribution in [2.45, 2.75) is 37.9 Å². The minimum atomic E-state index is -4.59. The van der Waals surface area contributed by atoms with Gasteiger partial charge in [0.2, 0.25) is 5.91 Å². The number of hydrogen-bond acceptors (Lipinski definition) is 2. The van der Waals surface area contributed by atoms with Gasteiger partial charge in [-0.15, -0.1) is 0 Å². The lowest BCUT2D eigenvalue weighted by Crippen LogP contribution is -2.48. The molecule has 0 aromatic carbocycles. The molecule has 0 aromatic rings. The van der Waals surface area contributed by atoms with Crippen molar-refractivity contribution in [3.8, 4) is 0 Å². The Kier molecular flexibility index (Phi) is 3.77. The van der Waals surface area contributed by atoms with Crippen molar-refractivity contribution in [1.29, 1.82) is 0 Å². The SMILES string of the molecule is O=C(O)[C@@H]1CCCCN1C(=O)CC(F)(F)F. The fraction of sp³-hybridized carbons (Fsp3) is 0.778. The van der Waals surface area contributed by atoms with Crippen molar-refractivity contribution in [2.24, 2.45) is 0 Å². The smallest absolute Gasteiger partial charge is 0.397 e. The molecule has 1 N–H and O–H groups in total. The third-order valence-corrected chi connectivity index (χ3v) is 2.46. The predicted octanol–water partition coefficient (Wildman–Crippen LogP) is 1.40. The van der Waals surface area contributed by atoms with Gasteiger partial charge in [0.1, 0.15) is 12.5 Å². The number of nitrogens with zero attached hydrogens (tertiary/aromatic N) is 1. The summed E-state index contributed by atoms with van der Waals surface area (Å²) in [6.07, 6.45) is -4.78. The number of carboxylic acids is 1. The van der Waals surface area contributed by atoms with Gasteiger partial charge in [0.25, 0.3) is 0 Å². The number of aliphatic carboxylic acids is 1. The van der Waals surface area contributed by atoms with Crippen LogP contribution >= 0.6 is 0 Å². The quantitative estimate of drug-likeness (QED) is 0.792. The Morgan fingerprint density at radius 1 is 1.31 bits per heavy atom. The van der Waals surface area contributed by atoms with E-state index in [0.29, 0.717) is 12.8 Å². The summed E-state index contributed by atoms with van der Waals surface area (Å²) in [5.41, 5.74) is 0. The zero-order chi connectivity index (χ0) is 12.3. The molecule has 0 saturated carbocycles. The Morgan fingerprint density at radius 3 is 2.44 bits per heavy atom. The van der Waals surface area contributed by atoms with E-state index in [2.05, 4.69) is 0 Å². The summed E-state index contributed by atoms with van der Waals surface area (Å²) in [6, 6.07) is -1.11. The highest BCUT2D eigenvalue weighted by Crippen LogP contribution is 2.24. The number of carbonyl (C=O) groups is 2. The molecule has 1 heterocycles. The molecule has 0 radical (unpaired) electrons. The summed E-state index contributed by atoms with van der Waals surface area (Å²) in [5.74, 6) is -2.39. The summed E-state index contributed by atoms with van der Waals surface area (Å²) >= 11 is 0. The predicted molar refractivity (Wildman–Crippen MR) is 47.7 cm³/mol. The molecule has 16 heavy (non-hydrogen) atoms. The molecule has 1 saturated heterocycles. The maximum absolute atomic E-state index is 12.0. The molecule has 1 aliphatic rings. The van der Waals surface area contributed by atoms with Gasteiger partial charge < -0.3 is 10.0 Å². The van der Waals surface area contributed by atoms with Crippen LogP contribution in [0.5, 0.6) is 0 Å². The highest BCUT2D eigenvalue weighted by atomic mass is 19.4. The van der Waals surface area contributed by atoms with Crippen LogP contribution in [-0.4, -0.2) is 40.6 Å². The van der Waals surface area contributed by atoms with Gasteiger partial charge in [0, 0.05) is 6.54 Å². The van der Waals surface area contributed by atoms with E-state index < -0.39 is 30.5 Å². The summed E-state index contributed by atoms with van der Waals surface area (Å²) < 4.78 is 36.0. The van der Waals surface area contributed by atoms with Gasteiger partial charge in [-0.1, -0.05) is 0 Å². The standard InChI is InChI=1S/C9H12F3NO3/c10-9(11,12)5-7(14)13-4-2-1-3-6(13)8(15)16/h6H,1-5H2,(H,15,16)/t6-/m0/s1. The van der Waals surface area contributed by atoms with Crippen LogP contribution in [0.25, 0.3) is 0 Å². The van der Waals surface area contributed by atoms with Crippen LogP contribution in [0.2, 0.25) is 0 Å². The van der Waals surface area contributed by atoms with E-state index in [1.165, 1.54) is 0 Å². The van der Waals surface area contributed by atoms with Gasteiger partial charge in [-0.3, -0.25) is 4.79 Å². The number of hydrogen-bond donors (Lipinski definition) is 1. The van der Waals surface area contributed by atoms with E-state index in [4.69, 9.17) is 5.11 Å². The van der Waals surface area contributed by atoms with Crippen molar-refractivity contribution in [3.63, 3.8) is 0 Å². The van der Waals surface area contributed by atoms with Crippen molar-refractivity contribution >= 4 is 11.9 Å². The van der Waals surface area contributed by atoms with Crippen LogP contribution in [0.3, 0.4) is 0 Å². The maximum atomic E-state index is 12.0. The summed E-state index contributed by atoms with van der Waals surface area (Å²) in [5, 5.41) is 8.78. The minimum absolute atomic E-state index is 0.0892. The first-order valence-electron chi connectivity index (χ1n) is 4.90. The van der Waals surface area contributed by atoms with E-state index in [9.17, 15) is 22.8 Å². The Balaban J connectivity index is 2.68.